The van der Waals surface area contributed by atoms with Crippen molar-refractivity contribution in [1.29, 1.82) is 0 Å². The van der Waals surface area contributed by atoms with Gasteiger partial charge in [0.15, 0.2) is 0 Å². The van der Waals surface area contributed by atoms with Crippen molar-refractivity contribution in [2.24, 2.45) is 0 Å². The van der Waals surface area contributed by atoms with Crippen LogP contribution in [0.5, 0.6) is 0 Å². The monoisotopic (exact) mass is 243 g/mol. The van der Waals surface area contributed by atoms with Crippen LogP contribution in [0.2, 0.25) is 0 Å². The summed E-state index contributed by atoms with van der Waals surface area (Å²) in [6, 6.07) is 0.198. The second-order valence-corrected chi connectivity index (χ2v) is 4.71. The highest BCUT2D eigenvalue weighted by atomic mass is 16.3. The van der Waals surface area contributed by atoms with Crippen molar-refractivity contribution >= 4 is 6.03 Å². The minimum Gasteiger partial charge on any atom is -0.395 e. The molecule has 0 unspecified atom stereocenters. The Kier molecular flexibility index (Phi) is 5.71. The van der Waals surface area contributed by atoms with Crippen molar-refractivity contribution in [3.63, 3.8) is 0 Å². The second-order valence-electron chi connectivity index (χ2n) is 4.71. The molecule has 100 valence electrons. The van der Waals surface area contributed by atoms with Crippen LogP contribution in [0.15, 0.2) is 0 Å². The van der Waals surface area contributed by atoms with E-state index in [2.05, 4.69) is 11.8 Å². The van der Waals surface area contributed by atoms with Crippen LogP contribution in [0.25, 0.3) is 0 Å². The van der Waals surface area contributed by atoms with E-state index in [1.54, 1.807) is 4.90 Å². The fourth-order valence-electron chi connectivity index (χ4n) is 2.12. The van der Waals surface area contributed by atoms with Gasteiger partial charge < -0.3 is 19.8 Å². The lowest BCUT2D eigenvalue weighted by atomic mass is 10.3. The number of aliphatic hydroxyl groups is 1. The molecule has 1 aliphatic heterocycles. The van der Waals surface area contributed by atoms with Crippen molar-refractivity contribution in [1.82, 2.24) is 14.7 Å². The van der Waals surface area contributed by atoms with Gasteiger partial charge in [-0.25, -0.2) is 4.79 Å². The third kappa shape index (κ3) is 3.85. The molecule has 0 aromatic heterocycles. The van der Waals surface area contributed by atoms with Gasteiger partial charge in [0.25, 0.3) is 0 Å². The molecule has 0 atom stereocenters. The Morgan fingerprint density at radius 1 is 1.29 bits per heavy atom. The first kappa shape index (κ1) is 14.3. The van der Waals surface area contributed by atoms with E-state index in [9.17, 15) is 4.79 Å². The number of rotatable bonds is 4. The van der Waals surface area contributed by atoms with Crippen LogP contribution in [-0.4, -0.2) is 77.8 Å². The molecule has 1 fully saturated rings. The predicted molar refractivity (Wildman–Crippen MR) is 68.0 cm³/mol. The number of nitrogens with zero attached hydrogens (tertiary/aromatic N) is 3. The van der Waals surface area contributed by atoms with Crippen LogP contribution in [0.4, 0.5) is 4.79 Å². The van der Waals surface area contributed by atoms with Gasteiger partial charge in [-0.1, -0.05) is 6.92 Å². The van der Waals surface area contributed by atoms with E-state index in [0.29, 0.717) is 6.54 Å². The van der Waals surface area contributed by atoms with Gasteiger partial charge in [-0.2, -0.15) is 0 Å². The van der Waals surface area contributed by atoms with Crippen LogP contribution in [0.1, 0.15) is 20.8 Å². The normalized spacial score (nSPS) is 17.6. The highest BCUT2D eigenvalue weighted by Gasteiger charge is 2.25. The maximum atomic E-state index is 12.2. The minimum atomic E-state index is 0.0266. The first-order valence-electron chi connectivity index (χ1n) is 6.48. The van der Waals surface area contributed by atoms with Crippen LogP contribution >= 0.6 is 0 Å². The van der Waals surface area contributed by atoms with Crippen LogP contribution in [0.3, 0.4) is 0 Å². The maximum absolute atomic E-state index is 12.2. The molecule has 1 rings (SSSR count). The molecule has 0 spiro atoms. The number of hydrogen-bond donors (Lipinski definition) is 1. The predicted octanol–water partition coefficient (Wildman–Crippen LogP) is 0.447. The van der Waals surface area contributed by atoms with Crippen LogP contribution in [0, 0.1) is 0 Å². The number of aliphatic hydroxyl groups excluding tert-OH is 1. The Morgan fingerprint density at radius 2 is 1.88 bits per heavy atom. The number of piperazine rings is 1. The van der Waals surface area contributed by atoms with Crippen LogP contribution < -0.4 is 0 Å². The average Bonchev–Trinajstić information content (AvgIpc) is 2.35. The molecule has 1 N–H and O–H groups in total. The lowest BCUT2D eigenvalue weighted by Gasteiger charge is -2.38. The van der Waals surface area contributed by atoms with Gasteiger partial charge in [-0.3, -0.25) is 0 Å². The number of carbonyl (C=O) groups is 1. The Hall–Kier alpha value is -0.810. The molecule has 17 heavy (non-hydrogen) atoms. The standard InChI is InChI=1S/C12H25N3O2/c1-4-13-5-7-14(8-6-13)12(17)15(9-10-16)11(2)3/h11,16H,4-10H2,1-3H3. The molecule has 1 saturated heterocycles. The first-order chi connectivity index (χ1) is 8.10. The largest absolute Gasteiger partial charge is 0.395 e. The summed E-state index contributed by atoms with van der Waals surface area (Å²) in [5.41, 5.74) is 0. The summed E-state index contributed by atoms with van der Waals surface area (Å²) in [5, 5.41) is 8.99. The molecule has 0 saturated carbocycles. The van der Waals surface area contributed by atoms with E-state index >= 15 is 0 Å². The summed E-state index contributed by atoms with van der Waals surface area (Å²) in [4.78, 5) is 18.2. The summed E-state index contributed by atoms with van der Waals surface area (Å²) >= 11 is 0. The molecule has 2 amide bonds. The van der Waals surface area contributed by atoms with Crippen molar-refractivity contribution < 1.29 is 9.90 Å². The molecule has 0 aromatic carbocycles. The summed E-state index contributed by atoms with van der Waals surface area (Å²) in [6.07, 6.45) is 0. The van der Waals surface area contributed by atoms with E-state index in [1.807, 2.05) is 18.7 Å². The summed E-state index contributed by atoms with van der Waals surface area (Å²) < 4.78 is 0. The smallest absolute Gasteiger partial charge is 0.320 e. The van der Waals surface area contributed by atoms with Gasteiger partial charge in [0, 0.05) is 38.8 Å². The third-order valence-electron chi connectivity index (χ3n) is 3.30. The lowest BCUT2D eigenvalue weighted by Crippen LogP contribution is -2.54. The average molecular weight is 243 g/mol. The van der Waals surface area contributed by atoms with Gasteiger partial charge in [-0.05, 0) is 20.4 Å². The number of urea groups is 1. The fourth-order valence-corrected chi connectivity index (χ4v) is 2.12. The Bertz CT molecular complexity index is 238. The van der Waals surface area contributed by atoms with Crippen molar-refractivity contribution in [3.05, 3.63) is 0 Å². The Labute approximate surface area is 104 Å². The Morgan fingerprint density at radius 3 is 2.29 bits per heavy atom. The van der Waals surface area contributed by atoms with Crippen LogP contribution in [-0.2, 0) is 0 Å². The molecule has 0 radical (unpaired) electrons. The Balaban J connectivity index is 2.51. The molecule has 5 heteroatoms. The number of amides is 2. The highest BCUT2D eigenvalue weighted by molar-refractivity contribution is 5.74. The van der Waals surface area contributed by atoms with E-state index < -0.39 is 0 Å². The maximum Gasteiger partial charge on any atom is 0.320 e. The highest BCUT2D eigenvalue weighted by Crippen LogP contribution is 2.08. The SMILES string of the molecule is CCN1CCN(C(=O)N(CCO)C(C)C)CC1. The van der Waals surface area contributed by atoms with Gasteiger partial charge in [0.05, 0.1) is 6.61 Å². The van der Waals surface area contributed by atoms with Crippen molar-refractivity contribution in [2.45, 2.75) is 26.8 Å². The van der Waals surface area contributed by atoms with Gasteiger partial charge >= 0.3 is 6.03 Å². The topological polar surface area (TPSA) is 47.0 Å². The second kappa shape index (κ2) is 6.81. The summed E-state index contributed by atoms with van der Waals surface area (Å²) in [5.74, 6) is 0. The minimum absolute atomic E-state index is 0.0266. The van der Waals surface area contributed by atoms with Gasteiger partial charge in [0.1, 0.15) is 0 Å². The zero-order valence-electron chi connectivity index (χ0n) is 11.2. The molecule has 0 aliphatic carbocycles. The number of hydrogen-bond acceptors (Lipinski definition) is 3. The number of carbonyl (C=O) groups excluding carboxylic acids is 1. The van der Waals surface area contributed by atoms with Crippen molar-refractivity contribution in [2.75, 3.05) is 45.9 Å². The molecule has 1 heterocycles. The molecular formula is C12H25N3O2. The van der Waals surface area contributed by atoms with E-state index in [0.717, 1.165) is 32.7 Å². The van der Waals surface area contributed by atoms with E-state index in [-0.39, 0.29) is 18.7 Å². The zero-order valence-corrected chi connectivity index (χ0v) is 11.2. The van der Waals surface area contributed by atoms with Crippen molar-refractivity contribution in [3.8, 4) is 0 Å². The molecular weight excluding hydrogens is 218 g/mol. The third-order valence-corrected chi connectivity index (χ3v) is 3.30. The van der Waals surface area contributed by atoms with Gasteiger partial charge in [-0.15, -0.1) is 0 Å². The van der Waals surface area contributed by atoms with Gasteiger partial charge in [0.2, 0.25) is 0 Å². The lowest BCUT2D eigenvalue weighted by molar-refractivity contribution is 0.0986. The number of likely N-dealkylation sites (N-methyl/N-ethyl adjacent to an activating group) is 1. The molecule has 0 aromatic rings. The zero-order chi connectivity index (χ0) is 12.8. The first-order valence-corrected chi connectivity index (χ1v) is 6.48. The fraction of sp³-hybridized carbons (Fsp3) is 0.917. The summed E-state index contributed by atoms with van der Waals surface area (Å²) in [6.45, 7) is 11.1. The van der Waals surface area contributed by atoms with E-state index in [4.69, 9.17) is 5.11 Å². The quantitative estimate of drug-likeness (QED) is 0.779. The molecule has 0 bridgehead atoms. The van der Waals surface area contributed by atoms with E-state index in [1.165, 1.54) is 0 Å². The summed E-state index contributed by atoms with van der Waals surface area (Å²) in [7, 11) is 0. The molecule has 5 nitrogen and oxygen atoms in total. The molecule has 1 aliphatic rings.